The van der Waals surface area contributed by atoms with Crippen molar-refractivity contribution in [2.24, 2.45) is 5.92 Å². The summed E-state index contributed by atoms with van der Waals surface area (Å²) < 4.78 is 11.5. The Hall–Kier alpha value is -0.380. The minimum absolute atomic E-state index is 0.121. The molecule has 1 aromatic carbocycles. The van der Waals surface area contributed by atoms with E-state index in [0.717, 1.165) is 18.5 Å². The summed E-state index contributed by atoms with van der Waals surface area (Å²) in [7, 11) is 0. The van der Waals surface area contributed by atoms with Crippen LogP contribution in [0.1, 0.15) is 18.6 Å². The van der Waals surface area contributed by atoms with Gasteiger partial charge in [0.15, 0.2) is 0 Å². The molecule has 0 N–H and O–H groups in total. The molecule has 1 aliphatic rings. The van der Waals surface area contributed by atoms with Gasteiger partial charge >= 0.3 is 0 Å². The number of ether oxygens (including phenoxy) is 2. The molecule has 3 unspecified atom stereocenters. The molecule has 0 radical (unpaired) electrons. The smallest absolute Gasteiger partial charge is 0.0926 e. The van der Waals surface area contributed by atoms with E-state index < -0.39 is 0 Å². The normalized spacial score (nSPS) is 26.9. The third-order valence-electron chi connectivity index (χ3n) is 2.95. The van der Waals surface area contributed by atoms with Crippen LogP contribution in [-0.2, 0) is 9.47 Å². The van der Waals surface area contributed by atoms with Crippen LogP contribution in [0.2, 0.25) is 0 Å². The molecule has 0 spiro atoms. The largest absolute Gasteiger partial charge is 0.378 e. The molecule has 2 rings (SSSR count). The van der Waals surface area contributed by atoms with Crippen LogP contribution in [0.3, 0.4) is 0 Å². The molecule has 0 saturated carbocycles. The molecule has 2 nitrogen and oxygen atoms in total. The lowest BCUT2D eigenvalue weighted by Gasteiger charge is -2.22. The Kier molecular flexibility index (Phi) is 4.38. The number of alkyl halides is 1. The molecule has 1 heterocycles. The van der Waals surface area contributed by atoms with Gasteiger partial charge in [-0.25, -0.2) is 0 Å². The van der Waals surface area contributed by atoms with E-state index in [-0.39, 0.29) is 12.2 Å². The first-order chi connectivity index (χ1) is 7.81. The van der Waals surface area contributed by atoms with Crippen molar-refractivity contribution in [2.45, 2.75) is 19.1 Å². The predicted molar refractivity (Wildman–Crippen MR) is 67.8 cm³/mol. The van der Waals surface area contributed by atoms with Crippen molar-refractivity contribution >= 4 is 15.9 Å². The van der Waals surface area contributed by atoms with E-state index in [4.69, 9.17) is 9.47 Å². The lowest BCUT2D eigenvalue weighted by molar-refractivity contribution is -0.0183. The van der Waals surface area contributed by atoms with Gasteiger partial charge in [0.05, 0.1) is 25.4 Å². The molecular weight excluding hydrogens is 268 g/mol. The quantitative estimate of drug-likeness (QED) is 0.791. The van der Waals surface area contributed by atoms with Gasteiger partial charge < -0.3 is 9.47 Å². The zero-order chi connectivity index (χ0) is 11.4. The van der Waals surface area contributed by atoms with E-state index >= 15 is 0 Å². The Morgan fingerprint density at radius 1 is 1.38 bits per heavy atom. The Balaban J connectivity index is 2.00. The molecule has 1 saturated heterocycles. The molecule has 88 valence electrons. The fraction of sp³-hybridized carbons (Fsp3) is 0.538. The molecule has 1 aromatic rings. The van der Waals surface area contributed by atoms with Crippen molar-refractivity contribution in [2.75, 3.05) is 18.5 Å². The Morgan fingerprint density at radius 2 is 2.12 bits per heavy atom. The predicted octanol–water partition coefficient (Wildman–Crippen LogP) is 3.17. The Bertz CT molecular complexity index is 315. The molecule has 0 aliphatic carbocycles. The van der Waals surface area contributed by atoms with Gasteiger partial charge in [-0.3, -0.25) is 0 Å². The van der Waals surface area contributed by atoms with E-state index in [9.17, 15) is 0 Å². The summed E-state index contributed by atoms with van der Waals surface area (Å²) in [6.45, 7) is 3.71. The lowest BCUT2D eigenvalue weighted by atomic mass is 10.1. The SMILES string of the molecule is CC1COCC1OC(CBr)c1ccccc1. The number of benzene rings is 1. The van der Waals surface area contributed by atoms with E-state index in [1.807, 2.05) is 18.2 Å². The number of halogens is 1. The molecular formula is C13H17BrO2. The maximum atomic E-state index is 6.09. The fourth-order valence-electron chi connectivity index (χ4n) is 1.90. The fourth-order valence-corrected chi connectivity index (χ4v) is 2.42. The average molecular weight is 285 g/mol. The summed E-state index contributed by atoms with van der Waals surface area (Å²) in [5, 5.41) is 0.820. The van der Waals surface area contributed by atoms with E-state index in [1.165, 1.54) is 5.56 Å². The van der Waals surface area contributed by atoms with Crippen LogP contribution in [0, 0.1) is 5.92 Å². The van der Waals surface area contributed by atoms with Crippen LogP contribution in [-0.4, -0.2) is 24.6 Å². The first-order valence-electron chi connectivity index (χ1n) is 5.65. The van der Waals surface area contributed by atoms with E-state index in [0.29, 0.717) is 5.92 Å². The number of hydrogen-bond donors (Lipinski definition) is 0. The van der Waals surface area contributed by atoms with Crippen molar-refractivity contribution in [3.8, 4) is 0 Å². The highest BCUT2D eigenvalue weighted by Crippen LogP contribution is 2.26. The molecule has 0 aromatic heterocycles. The Morgan fingerprint density at radius 3 is 2.69 bits per heavy atom. The van der Waals surface area contributed by atoms with Crippen LogP contribution in [0.25, 0.3) is 0 Å². The second-order valence-corrected chi connectivity index (χ2v) is 4.89. The minimum atomic E-state index is 0.121. The summed E-state index contributed by atoms with van der Waals surface area (Å²) in [5.74, 6) is 0.491. The summed E-state index contributed by atoms with van der Waals surface area (Å²) in [5.41, 5.74) is 1.22. The van der Waals surface area contributed by atoms with Gasteiger partial charge in [0, 0.05) is 11.2 Å². The first-order valence-corrected chi connectivity index (χ1v) is 6.77. The van der Waals surface area contributed by atoms with Crippen LogP contribution in [0.5, 0.6) is 0 Å². The second kappa shape index (κ2) is 5.80. The summed E-state index contributed by atoms with van der Waals surface area (Å²) in [6.07, 6.45) is 0.345. The van der Waals surface area contributed by atoms with Crippen molar-refractivity contribution in [1.29, 1.82) is 0 Å². The highest BCUT2D eigenvalue weighted by Gasteiger charge is 2.27. The Labute approximate surface area is 105 Å². The average Bonchev–Trinajstić information content (AvgIpc) is 2.73. The van der Waals surface area contributed by atoms with Gasteiger partial charge in [0.25, 0.3) is 0 Å². The highest BCUT2D eigenvalue weighted by molar-refractivity contribution is 9.09. The van der Waals surface area contributed by atoms with Gasteiger partial charge in [-0.1, -0.05) is 53.2 Å². The second-order valence-electron chi connectivity index (χ2n) is 4.24. The van der Waals surface area contributed by atoms with Crippen molar-refractivity contribution in [3.63, 3.8) is 0 Å². The molecule has 1 fully saturated rings. The molecule has 0 bridgehead atoms. The first kappa shape index (κ1) is 12.1. The van der Waals surface area contributed by atoms with Gasteiger partial charge in [0.2, 0.25) is 0 Å². The lowest BCUT2D eigenvalue weighted by Crippen LogP contribution is -2.23. The molecule has 3 atom stereocenters. The van der Waals surface area contributed by atoms with Gasteiger partial charge in [-0.05, 0) is 5.56 Å². The number of hydrogen-bond acceptors (Lipinski definition) is 2. The zero-order valence-electron chi connectivity index (χ0n) is 9.43. The molecule has 1 aliphatic heterocycles. The van der Waals surface area contributed by atoms with Crippen molar-refractivity contribution in [1.82, 2.24) is 0 Å². The van der Waals surface area contributed by atoms with Crippen LogP contribution >= 0.6 is 15.9 Å². The van der Waals surface area contributed by atoms with E-state index in [1.54, 1.807) is 0 Å². The van der Waals surface area contributed by atoms with Crippen molar-refractivity contribution in [3.05, 3.63) is 35.9 Å². The summed E-state index contributed by atoms with van der Waals surface area (Å²) >= 11 is 3.51. The number of rotatable bonds is 4. The van der Waals surface area contributed by atoms with Gasteiger partial charge in [0.1, 0.15) is 0 Å². The third-order valence-corrected chi connectivity index (χ3v) is 3.54. The van der Waals surface area contributed by atoms with Gasteiger partial charge in [-0.2, -0.15) is 0 Å². The molecule has 16 heavy (non-hydrogen) atoms. The minimum Gasteiger partial charge on any atom is -0.378 e. The third kappa shape index (κ3) is 2.84. The van der Waals surface area contributed by atoms with E-state index in [2.05, 4.69) is 35.0 Å². The zero-order valence-corrected chi connectivity index (χ0v) is 11.0. The van der Waals surface area contributed by atoms with Crippen LogP contribution in [0.15, 0.2) is 30.3 Å². The maximum absolute atomic E-state index is 6.09. The maximum Gasteiger partial charge on any atom is 0.0926 e. The van der Waals surface area contributed by atoms with Gasteiger partial charge in [-0.15, -0.1) is 0 Å². The summed E-state index contributed by atoms with van der Waals surface area (Å²) in [6, 6.07) is 10.3. The molecule has 0 amide bonds. The monoisotopic (exact) mass is 284 g/mol. The van der Waals surface area contributed by atoms with Crippen LogP contribution < -0.4 is 0 Å². The molecule has 3 heteroatoms. The topological polar surface area (TPSA) is 18.5 Å². The standard InChI is InChI=1S/C13H17BrO2/c1-10-8-15-9-13(10)16-12(7-14)11-5-3-2-4-6-11/h2-6,10,12-13H,7-9H2,1H3. The highest BCUT2D eigenvalue weighted by atomic mass is 79.9. The summed E-state index contributed by atoms with van der Waals surface area (Å²) in [4.78, 5) is 0. The van der Waals surface area contributed by atoms with Crippen molar-refractivity contribution < 1.29 is 9.47 Å². The van der Waals surface area contributed by atoms with Crippen LogP contribution in [0.4, 0.5) is 0 Å².